The van der Waals surface area contributed by atoms with E-state index >= 15 is 0 Å². The Morgan fingerprint density at radius 1 is 1.29 bits per heavy atom. The summed E-state index contributed by atoms with van der Waals surface area (Å²) in [6.45, 7) is -0.433. The van der Waals surface area contributed by atoms with Crippen molar-refractivity contribution in [1.29, 1.82) is 0 Å². The Morgan fingerprint density at radius 3 is 2.52 bits per heavy atom. The maximum Gasteiger partial charge on any atom is 0.417 e. The van der Waals surface area contributed by atoms with E-state index in [2.05, 4.69) is 10.2 Å². The minimum Gasteiger partial charge on any atom is -0.392 e. The lowest BCUT2D eigenvalue weighted by Crippen LogP contribution is -2.07. The zero-order valence-corrected chi connectivity index (χ0v) is 12.8. The van der Waals surface area contributed by atoms with Gasteiger partial charge in [0.15, 0.2) is 4.34 Å². The number of rotatable bonds is 4. The van der Waals surface area contributed by atoms with Gasteiger partial charge >= 0.3 is 6.18 Å². The number of hydrogen-bond acceptors (Lipinski definition) is 6. The Balaban J connectivity index is 2.34. The predicted octanol–water partition coefficient (Wildman–Crippen LogP) is 3.27. The molecule has 0 aliphatic heterocycles. The summed E-state index contributed by atoms with van der Waals surface area (Å²) in [5.74, 6) is 0. The molecule has 0 amide bonds. The third-order valence-corrected chi connectivity index (χ3v) is 4.73. The van der Waals surface area contributed by atoms with E-state index in [1.165, 1.54) is 23.5 Å². The highest BCUT2D eigenvalue weighted by atomic mass is 32.2. The number of benzene rings is 1. The molecule has 1 aromatic carbocycles. The summed E-state index contributed by atoms with van der Waals surface area (Å²) in [7, 11) is 3.57. The highest BCUT2D eigenvalue weighted by Gasteiger charge is 2.34. The third-order valence-electron chi connectivity index (χ3n) is 2.51. The van der Waals surface area contributed by atoms with E-state index in [1.807, 2.05) is 0 Å². The van der Waals surface area contributed by atoms with E-state index < -0.39 is 18.3 Å². The SMILES string of the molecule is CN(C)c1nnc(Sc2ccc(CO)cc2C(F)(F)F)s1. The molecule has 2 aromatic rings. The van der Waals surface area contributed by atoms with E-state index in [-0.39, 0.29) is 10.5 Å². The van der Waals surface area contributed by atoms with Crippen LogP contribution in [-0.2, 0) is 12.8 Å². The molecule has 1 heterocycles. The Labute approximate surface area is 127 Å². The standard InChI is InChI=1S/C12H12F3N3OS2/c1-18(2)10-16-17-11(21-10)20-9-4-3-7(6-19)5-8(9)12(13,14)15/h3-5,19H,6H2,1-2H3. The van der Waals surface area contributed by atoms with Crippen molar-refractivity contribution in [3.8, 4) is 0 Å². The van der Waals surface area contributed by atoms with Gasteiger partial charge in [-0.15, -0.1) is 10.2 Å². The Kier molecular flexibility index (Phi) is 4.74. The summed E-state index contributed by atoms with van der Waals surface area (Å²) >= 11 is 2.13. The molecule has 0 aliphatic rings. The zero-order valence-electron chi connectivity index (χ0n) is 11.2. The van der Waals surface area contributed by atoms with Crippen molar-refractivity contribution in [2.45, 2.75) is 22.0 Å². The molecule has 1 N–H and O–H groups in total. The van der Waals surface area contributed by atoms with Crippen molar-refractivity contribution in [2.75, 3.05) is 19.0 Å². The molecule has 0 saturated heterocycles. The van der Waals surface area contributed by atoms with Gasteiger partial charge < -0.3 is 10.0 Å². The smallest absolute Gasteiger partial charge is 0.392 e. The van der Waals surface area contributed by atoms with Crippen LogP contribution in [0.25, 0.3) is 0 Å². The molecule has 0 atom stereocenters. The number of anilines is 1. The van der Waals surface area contributed by atoms with Crippen LogP contribution in [0.2, 0.25) is 0 Å². The van der Waals surface area contributed by atoms with Crippen LogP contribution in [0.4, 0.5) is 18.3 Å². The molecule has 0 saturated carbocycles. The molecule has 0 fully saturated rings. The molecular formula is C12H12F3N3OS2. The molecule has 1 aromatic heterocycles. The first-order chi connectivity index (χ1) is 9.81. The van der Waals surface area contributed by atoms with Gasteiger partial charge in [-0.25, -0.2) is 0 Å². The second kappa shape index (κ2) is 6.20. The average molecular weight is 335 g/mol. The van der Waals surface area contributed by atoms with Gasteiger partial charge in [0.25, 0.3) is 0 Å². The van der Waals surface area contributed by atoms with Crippen molar-refractivity contribution < 1.29 is 18.3 Å². The van der Waals surface area contributed by atoms with Crippen LogP contribution in [0.3, 0.4) is 0 Å². The number of aliphatic hydroxyl groups excluding tert-OH is 1. The molecule has 0 spiro atoms. The maximum absolute atomic E-state index is 13.1. The van der Waals surface area contributed by atoms with Gasteiger partial charge in [0, 0.05) is 19.0 Å². The molecule has 0 unspecified atom stereocenters. The summed E-state index contributed by atoms with van der Waals surface area (Å²) in [6.07, 6.45) is -4.48. The second-order valence-corrected chi connectivity index (χ2v) is 6.58. The third kappa shape index (κ3) is 3.86. The van der Waals surface area contributed by atoms with Crippen molar-refractivity contribution in [2.24, 2.45) is 0 Å². The molecule has 0 aliphatic carbocycles. The Morgan fingerprint density at radius 2 is 2.00 bits per heavy atom. The monoisotopic (exact) mass is 335 g/mol. The fourth-order valence-corrected chi connectivity index (χ4v) is 3.36. The van der Waals surface area contributed by atoms with E-state index in [0.29, 0.717) is 9.47 Å². The van der Waals surface area contributed by atoms with Crippen molar-refractivity contribution in [1.82, 2.24) is 10.2 Å². The molecule has 21 heavy (non-hydrogen) atoms. The van der Waals surface area contributed by atoms with Crippen LogP contribution in [0, 0.1) is 0 Å². The van der Waals surface area contributed by atoms with Crippen LogP contribution < -0.4 is 4.90 Å². The quantitative estimate of drug-likeness (QED) is 0.929. The Hall–Kier alpha value is -1.32. The first-order valence-electron chi connectivity index (χ1n) is 5.81. The maximum atomic E-state index is 13.1. The second-order valence-electron chi connectivity index (χ2n) is 4.33. The van der Waals surface area contributed by atoms with Crippen LogP contribution in [0.1, 0.15) is 11.1 Å². The summed E-state index contributed by atoms with van der Waals surface area (Å²) in [6, 6.07) is 3.76. The van der Waals surface area contributed by atoms with E-state index in [4.69, 9.17) is 5.11 Å². The largest absolute Gasteiger partial charge is 0.417 e. The fourth-order valence-electron chi connectivity index (χ4n) is 1.50. The number of alkyl halides is 3. The van der Waals surface area contributed by atoms with E-state index in [1.54, 1.807) is 19.0 Å². The number of nitrogens with zero attached hydrogens (tertiary/aromatic N) is 3. The van der Waals surface area contributed by atoms with Gasteiger partial charge in [-0.1, -0.05) is 29.2 Å². The predicted molar refractivity (Wildman–Crippen MR) is 75.7 cm³/mol. The minimum absolute atomic E-state index is 0.0427. The topological polar surface area (TPSA) is 49.2 Å². The average Bonchev–Trinajstić information content (AvgIpc) is 2.86. The van der Waals surface area contributed by atoms with Gasteiger partial charge in [-0.3, -0.25) is 0 Å². The van der Waals surface area contributed by atoms with E-state index in [9.17, 15) is 13.2 Å². The van der Waals surface area contributed by atoms with Gasteiger partial charge in [-0.2, -0.15) is 13.2 Å². The lowest BCUT2D eigenvalue weighted by atomic mass is 10.1. The zero-order chi connectivity index (χ0) is 15.6. The highest BCUT2D eigenvalue weighted by Crippen LogP contribution is 2.41. The van der Waals surface area contributed by atoms with Gasteiger partial charge in [0.05, 0.1) is 12.2 Å². The van der Waals surface area contributed by atoms with Crippen LogP contribution in [0.5, 0.6) is 0 Å². The first kappa shape index (κ1) is 16.1. The number of aliphatic hydroxyl groups is 1. The summed E-state index contributed by atoms with van der Waals surface area (Å²) in [5.41, 5.74) is -0.557. The molecule has 0 radical (unpaired) electrons. The normalized spacial score (nSPS) is 11.7. The lowest BCUT2D eigenvalue weighted by Gasteiger charge is -2.12. The summed E-state index contributed by atoms with van der Waals surface area (Å²) < 4.78 is 39.6. The summed E-state index contributed by atoms with van der Waals surface area (Å²) in [4.78, 5) is 1.78. The molecule has 9 heteroatoms. The minimum atomic E-state index is -4.48. The number of aromatic nitrogens is 2. The van der Waals surface area contributed by atoms with Crippen LogP contribution >= 0.6 is 23.1 Å². The van der Waals surface area contributed by atoms with Gasteiger partial charge in [-0.05, 0) is 17.7 Å². The van der Waals surface area contributed by atoms with Crippen LogP contribution in [0.15, 0.2) is 27.4 Å². The molecule has 0 bridgehead atoms. The molecular weight excluding hydrogens is 323 g/mol. The molecule has 2 rings (SSSR count). The lowest BCUT2D eigenvalue weighted by molar-refractivity contribution is -0.139. The fraction of sp³-hybridized carbons (Fsp3) is 0.333. The molecule has 114 valence electrons. The van der Waals surface area contributed by atoms with Crippen molar-refractivity contribution in [3.05, 3.63) is 29.3 Å². The molecule has 4 nitrogen and oxygen atoms in total. The number of hydrogen-bond donors (Lipinski definition) is 1. The van der Waals surface area contributed by atoms with Crippen molar-refractivity contribution in [3.63, 3.8) is 0 Å². The van der Waals surface area contributed by atoms with Crippen LogP contribution in [-0.4, -0.2) is 29.4 Å². The van der Waals surface area contributed by atoms with Crippen molar-refractivity contribution >= 4 is 28.2 Å². The van der Waals surface area contributed by atoms with E-state index in [0.717, 1.165) is 17.8 Å². The highest BCUT2D eigenvalue weighted by molar-refractivity contribution is 8.01. The Bertz CT molecular complexity index is 628. The first-order valence-corrected chi connectivity index (χ1v) is 7.44. The summed E-state index contributed by atoms with van der Waals surface area (Å²) in [5, 5.41) is 17.4. The number of halogens is 3. The van der Waals surface area contributed by atoms with Gasteiger partial charge in [0.2, 0.25) is 5.13 Å². The van der Waals surface area contributed by atoms with Gasteiger partial charge in [0.1, 0.15) is 0 Å².